The second-order valence-corrected chi connectivity index (χ2v) is 6.24. The van der Waals surface area contributed by atoms with Crippen LogP contribution >= 0.6 is 0 Å². The predicted molar refractivity (Wildman–Crippen MR) is 79.0 cm³/mol. The van der Waals surface area contributed by atoms with Gasteiger partial charge in [0.1, 0.15) is 0 Å². The molecule has 1 saturated heterocycles. The van der Waals surface area contributed by atoms with E-state index in [0.29, 0.717) is 0 Å². The van der Waals surface area contributed by atoms with Gasteiger partial charge in [0.05, 0.1) is 0 Å². The highest BCUT2D eigenvalue weighted by molar-refractivity contribution is 4.77. The average Bonchev–Trinajstić information content (AvgIpc) is 2.65. The first-order valence-electron chi connectivity index (χ1n) is 8.37. The fraction of sp³-hybridized carbons (Fsp3) is 1.00. The largest absolute Gasteiger partial charge is 0.313 e. The van der Waals surface area contributed by atoms with Gasteiger partial charge in [0.15, 0.2) is 0 Å². The minimum Gasteiger partial charge on any atom is -0.313 e. The van der Waals surface area contributed by atoms with Crippen molar-refractivity contribution in [2.75, 3.05) is 19.6 Å². The van der Waals surface area contributed by atoms with Gasteiger partial charge in [0, 0.05) is 25.2 Å². The summed E-state index contributed by atoms with van der Waals surface area (Å²) in [5.41, 5.74) is 0. The van der Waals surface area contributed by atoms with Crippen LogP contribution in [0.15, 0.2) is 0 Å². The Kier molecular flexibility index (Phi) is 6.50. The van der Waals surface area contributed by atoms with E-state index in [-0.39, 0.29) is 0 Å². The minimum atomic E-state index is 0.825. The van der Waals surface area contributed by atoms with Crippen LogP contribution in [0.25, 0.3) is 0 Å². The van der Waals surface area contributed by atoms with Crippen LogP contribution in [-0.4, -0.2) is 36.6 Å². The Morgan fingerprint density at radius 3 is 2.44 bits per heavy atom. The molecule has 0 spiro atoms. The zero-order valence-electron chi connectivity index (χ0n) is 12.3. The summed E-state index contributed by atoms with van der Waals surface area (Å²) in [5, 5.41) is 3.79. The monoisotopic (exact) mass is 252 g/mol. The van der Waals surface area contributed by atoms with Crippen molar-refractivity contribution in [2.45, 2.75) is 83.2 Å². The van der Waals surface area contributed by atoms with Crippen molar-refractivity contribution >= 4 is 0 Å². The maximum atomic E-state index is 3.79. The van der Waals surface area contributed by atoms with Crippen LogP contribution < -0.4 is 5.32 Å². The summed E-state index contributed by atoms with van der Waals surface area (Å²) >= 11 is 0. The fourth-order valence-electron chi connectivity index (χ4n) is 3.71. The lowest BCUT2D eigenvalue weighted by molar-refractivity contribution is 0.190. The summed E-state index contributed by atoms with van der Waals surface area (Å²) < 4.78 is 0. The molecule has 2 nitrogen and oxygen atoms in total. The molecule has 106 valence electrons. The highest BCUT2D eigenvalue weighted by Gasteiger charge is 2.19. The molecule has 0 aromatic rings. The molecule has 2 aliphatic rings. The van der Waals surface area contributed by atoms with Crippen LogP contribution in [0.4, 0.5) is 0 Å². The van der Waals surface area contributed by atoms with Gasteiger partial charge in [-0.2, -0.15) is 0 Å². The Hall–Kier alpha value is -0.0800. The molecule has 18 heavy (non-hydrogen) atoms. The third-order valence-electron chi connectivity index (χ3n) is 4.91. The average molecular weight is 252 g/mol. The molecule has 1 heterocycles. The Morgan fingerprint density at radius 2 is 1.67 bits per heavy atom. The van der Waals surface area contributed by atoms with E-state index in [1.807, 2.05) is 0 Å². The molecule has 0 aromatic carbocycles. The molecule has 1 aliphatic heterocycles. The van der Waals surface area contributed by atoms with Gasteiger partial charge in [-0.1, -0.05) is 39.0 Å². The van der Waals surface area contributed by atoms with E-state index in [1.54, 1.807) is 0 Å². The number of nitrogens with one attached hydrogen (secondary N) is 1. The quantitative estimate of drug-likeness (QED) is 0.805. The first-order valence-corrected chi connectivity index (χ1v) is 8.37. The van der Waals surface area contributed by atoms with Gasteiger partial charge < -0.3 is 5.32 Å². The summed E-state index contributed by atoms with van der Waals surface area (Å²) in [6, 6.07) is 1.69. The first kappa shape index (κ1) is 14.3. The highest BCUT2D eigenvalue weighted by atomic mass is 15.2. The number of hydrogen-bond donors (Lipinski definition) is 1. The summed E-state index contributed by atoms with van der Waals surface area (Å²) in [6.07, 6.45) is 14.3. The van der Waals surface area contributed by atoms with E-state index < -0.39 is 0 Å². The fourth-order valence-corrected chi connectivity index (χ4v) is 3.71. The molecule has 0 bridgehead atoms. The standard InChI is InChI=1S/C16H32N2/c1-2-16-11-7-4-8-13-18(16)14-12-17-15-9-5-3-6-10-15/h15-17H,2-14H2,1H3. The van der Waals surface area contributed by atoms with Crippen molar-refractivity contribution in [2.24, 2.45) is 0 Å². The third-order valence-corrected chi connectivity index (χ3v) is 4.91. The third kappa shape index (κ3) is 4.55. The van der Waals surface area contributed by atoms with Crippen molar-refractivity contribution < 1.29 is 0 Å². The number of likely N-dealkylation sites (tertiary alicyclic amines) is 1. The van der Waals surface area contributed by atoms with Crippen LogP contribution in [0, 0.1) is 0 Å². The Morgan fingerprint density at radius 1 is 0.944 bits per heavy atom. The van der Waals surface area contributed by atoms with E-state index in [0.717, 1.165) is 12.1 Å². The molecule has 1 atom stereocenters. The maximum absolute atomic E-state index is 3.79. The smallest absolute Gasteiger partial charge is 0.0110 e. The SMILES string of the molecule is CCC1CCCCCN1CCNC1CCCCC1. The number of nitrogens with zero attached hydrogens (tertiary/aromatic N) is 1. The first-order chi connectivity index (χ1) is 8.90. The molecule has 0 radical (unpaired) electrons. The molecule has 0 amide bonds. The van der Waals surface area contributed by atoms with Gasteiger partial charge >= 0.3 is 0 Å². The predicted octanol–water partition coefficient (Wildman–Crippen LogP) is 3.56. The van der Waals surface area contributed by atoms with Crippen LogP contribution in [0.1, 0.15) is 71.1 Å². The van der Waals surface area contributed by atoms with Crippen molar-refractivity contribution in [1.82, 2.24) is 10.2 Å². The van der Waals surface area contributed by atoms with Gasteiger partial charge in [0.2, 0.25) is 0 Å². The van der Waals surface area contributed by atoms with Crippen molar-refractivity contribution in [3.05, 3.63) is 0 Å². The zero-order chi connectivity index (χ0) is 12.6. The van der Waals surface area contributed by atoms with Crippen LogP contribution in [0.5, 0.6) is 0 Å². The van der Waals surface area contributed by atoms with Gasteiger partial charge in [-0.15, -0.1) is 0 Å². The minimum absolute atomic E-state index is 0.825. The van der Waals surface area contributed by atoms with E-state index in [9.17, 15) is 0 Å². The van der Waals surface area contributed by atoms with Gasteiger partial charge in [-0.05, 0) is 38.6 Å². The van der Waals surface area contributed by atoms with Crippen LogP contribution in [0.3, 0.4) is 0 Å². The normalized spacial score (nSPS) is 28.2. The molecule has 1 unspecified atom stereocenters. The topological polar surface area (TPSA) is 15.3 Å². The molecule has 0 aromatic heterocycles. The zero-order valence-corrected chi connectivity index (χ0v) is 12.3. The molecule has 1 aliphatic carbocycles. The number of rotatable bonds is 5. The van der Waals surface area contributed by atoms with Gasteiger partial charge in [0.25, 0.3) is 0 Å². The summed E-state index contributed by atoms with van der Waals surface area (Å²) in [5.74, 6) is 0. The maximum Gasteiger partial charge on any atom is 0.0110 e. The van der Waals surface area contributed by atoms with E-state index in [4.69, 9.17) is 0 Å². The molecule has 2 rings (SSSR count). The van der Waals surface area contributed by atoms with Crippen LogP contribution in [-0.2, 0) is 0 Å². The number of hydrogen-bond acceptors (Lipinski definition) is 2. The molecule has 2 fully saturated rings. The second kappa shape index (κ2) is 8.16. The Bertz CT molecular complexity index is 211. The van der Waals surface area contributed by atoms with Crippen molar-refractivity contribution in [1.29, 1.82) is 0 Å². The lowest BCUT2D eigenvalue weighted by atomic mass is 9.95. The van der Waals surface area contributed by atoms with Crippen LogP contribution in [0.2, 0.25) is 0 Å². The Labute approximate surface area is 114 Å². The van der Waals surface area contributed by atoms with Gasteiger partial charge in [-0.3, -0.25) is 4.90 Å². The summed E-state index contributed by atoms with van der Waals surface area (Å²) in [4.78, 5) is 2.75. The lowest BCUT2D eigenvalue weighted by Crippen LogP contribution is -2.42. The van der Waals surface area contributed by atoms with Crippen molar-refractivity contribution in [3.63, 3.8) is 0 Å². The molecular formula is C16H32N2. The molecular weight excluding hydrogens is 220 g/mol. The van der Waals surface area contributed by atoms with E-state index in [1.165, 1.54) is 83.8 Å². The van der Waals surface area contributed by atoms with Crippen molar-refractivity contribution in [3.8, 4) is 0 Å². The van der Waals surface area contributed by atoms with E-state index in [2.05, 4.69) is 17.1 Å². The van der Waals surface area contributed by atoms with E-state index >= 15 is 0 Å². The molecule has 1 saturated carbocycles. The molecule has 2 heteroatoms. The van der Waals surface area contributed by atoms with Gasteiger partial charge in [-0.25, -0.2) is 0 Å². The molecule has 1 N–H and O–H groups in total. The second-order valence-electron chi connectivity index (χ2n) is 6.24. The summed E-state index contributed by atoms with van der Waals surface area (Å²) in [6.45, 7) is 6.18. The Balaban J connectivity index is 1.66. The lowest BCUT2D eigenvalue weighted by Gasteiger charge is -2.30. The highest BCUT2D eigenvalue weighted by Crippen LogP contribution is 2.19. The summed E-state index contributed by atoms with van der Waals surface area (Å²) in [7, 11) is 0.